The summed E-state index contributed by atoms with van der Waals surface area (Å²) in [6.07, 6.45) is 0.952. The SMILES string of the molecule is CCC(Sc1cccc(NC(=O)CC(C)(C)C)c1)C(=O)Nc1cc(C(=O)O)ccc1Cl. The first-order valence-electron chi connectivity index (χ1n) is 9.89. The Balaban J connectivity index is 2.09. The quantitative estimate of drug-likeness (QED) is 0.423. The Morgan fingerprint density at radius 3 is 2.42 bits per heavy atom. The van der Waals surface area contributed by atoms with E-state index in [9.17, 15) is 14.4 Å². The van der Waals surface area contributed by atoms with Crippen LogP contribution in [0.25, 0.3) is 0 Å². The summed E-state index contributed by atoms with van der Waals surface area (Å²) in [6, 6.07) is 11.5. The van der Waals surface area contributed by atoms with Crippen molar-refractivity contribution in [1.29, 1.82) is 0 Å². The second kappa shape index (κ2) is 10.7. The highest BCUT2D eigenvalue weighted by Crippen LogP contribution is 2.30. The Hall–Kier alpha value is -2.51. The molecule has 1 atom stereocenters. The van der Waals surface area contributed by atoms with Crippen molar-refractivity contribution in [2.45, 2.75) is 50.7 Å². The molecule has 0 heterocycles. The van der Waals surface area contributed by atoms with Crippen LogP contribution in [0.1, 0.15) is 50.9 Å². The molecule has 2 amide bonds. The largest absolute Gasteiger partial charge is 0.478 e. The predicted molar refractivity (Wildman–Crippen MR) is 126 cm³/mol. The average Bonchev–Trinajstić information content (AvgIpc) is 2.66. The Bertz CT molecular complexity index is 972. The number of thioether (sulfide) groups is 1. The van der Waals surface area contributed by atoms with Crippen LogP contribution in [-0.2, 0) is 9.59 Å². The van der Waals surface area contributed by atoms with E-state index in [1.165, 1.54) is 30.0 Å². The van der Waals surface area contributed by atoms with Gasteiger partial charge in [0.2, 0.25) is 11.8 Å². The number of hydrogen-bond donors (Lipinski definition) is 3. The van der Waals surface area contributed by atoms with Gasteiger partial charge in [0.1, 0.15) is 0 Å². The number of benzene rings is 2. The van der Waals surface area contributed by atoms with Gasteiger partial charge in [0.25, 0.3) is 0 Å². The first-order chi connectivity index (χ1) is 14.5. The van der Waals surface area contributed by atoms with Crippen molar-refractivity contribution >= 4 is 52.5 Å². The normalized spacial score (nSPS) is 12.2. The van der Waals surface area contributed by atoms with Crippen LogP contribution in [0.15, 0.2) is 47.4 Å². The van der Waals surface area contributed by atoms with Crippen LogP contribution < -0.4 is 10.6 Å². The fraction of sp³-hybridized carbons (Fsp3) is 0.348. The van der Waals surface area contributed by atoms with Crippen molar-refractivity contribution < 1.29 is 19.5 Å². The molecule has 0 saturated carbocycles. The minimum absolute atomic E-state index is 0.0408. The lowest BCUT2D eigenvalue weighted by molar-refractivity contribution is -0.118. The van der Waals surface area contributed by atoms with E-state index in [1.54, 1.807) is 0 Å². The number of rotatable bonds is 8. The van der Waals surface area contributed by atoms with E-state index < -0.39 is 11.2 Å². The molecule has 8 heteroatoms. The molecule has 31 heavy (non-hydrogen) atoms. The Morgan fingerprint density at radius 2 is 1.81 bits per heavy atom. The van der Waals surface area contributed by atoms with Gasteiger partial charge in [0, 0.05) is 17.0 Å². The molecule has 0 bridgehead atoms. The minimum Gasteiger partial charge on any atom is -0.478 e. The minimum atomic E-state index is -1.10. The van der Waals surface area contributed by atoms with Gasteiger partial charge in [0.15, 0.2) is 0 Å². The number of nitrogens with one attached hydrogen (secondary N) is 2. The zero-order valence-corrected chi connectivity index (χ0v) is 19.6. The van der Waals surface area contributed by atoms with Crippen LogP contribution in [0.5, 0.6) is 0 Å². The monoisotopic (exact) mass is 462 g/mol. The molecular formula is C23H27ClN2O4S. The Morgan fingerprint density at radius 1 is 1.10 bits per heavy atom. The van der Waals surface area contributed by atoms with Crippen molar-refractivity contribution in [3.05, 3.63) is 53.1 Å². The number of carbonyl (C=O) groups is 3. The van der Waals surface area contributed by atoms with Gasteiger partial charge in [-0.3, -0.25) is 9.59 Å². The third-order valence-corrected chi connectivity index (χ3v) is 5.91. The molecule has 166 valence electrons. The first kappa shape index (κ1) is 24.8. The summed E-state index contributed by atoms with van der Waals surface area (Å²) in [5.41, 5.74) is 0.862. The van der Waals surface area contributed by atoms with Gasteiger partial charge in [-0.1, -0.05) is 45.4 Å². The third kappa shape index (κ3) is 7.92. The van der Waals surface area contributed by atoms with Crippen LogP contribution in [0.3, 0.4) is 0 Å². The first-order valence-corrected chi connectivity index (χ1v) is 11.1. The van der Waals surface area contributed by atoms with Gasteiger partial charge < -0.3 is 15.7 Å². The molecule has 1 unspecified atom stereocenters. The van der Waals surface area contributed by atoms with Crippen molar-refractivity contribution in [3.63, 3.8) is 0 Å². The van der Waals surface area contributed by atoms with Crippen molar-refractivity contribution in [2.24, 2.45) is 5.41 Å². The maximum absolute atomic E-state index is 12.8. The fourth-order valence-corrected chi connectivity index (χ4v) is 3.97. The third-order valence-electron chi connectivity index (χ3n) is 4.22. The van der Waals surface area contributed by atoms with Gasteiger partial charge in [-0.25, -0.2) is 4.79 Å². The topological polar surface area (TPSA) is 95.5 Å². The second-order valence-electron chi connectivity index (χ2n) is 8.32. The summed E-state index contributed by atoms with van der Waals surface area (Å²) < 4.78 is 0. The summed E-state index contributed by atoms with van der Waals surface area (Å²) in [7, 11) is 0. The van der Waals surface area contributed by atoms with Gasteiger partial charge >= 0.3 is 5.97 Å². The molecule has 0 radical (unpaired) electrons. The molecule has 3 N–H and O–H groups in total. The smallest absolute Gasteiger partial charge is 0.335 e. The fourth-order valence-electron chi connectivity index (χ4n) is 2.79. The van der Waals surface area contributed by atoms with Crippen molar-refractivity contribution in [3.8, 4) is 0 Å². The summed E-state index contributed by atoms with van der Waals surface area (Å²) in [5.74, 6) is -1.44. The van der Waals surface area contributed by atoms with Gasteiger partial charge in [0.05, 0.1) is 21.5 Å². The molecule has 0 spiro atoms. The van der Waals surface area contributed by atoms with Crippen molar-refractivity contribution in [2.75, 3.05) is 10.6 Å². The zero-order valence-electron chi connectivity index (χ0n) is 18.0. The molecule has 0 aliphatic rings. The van der Waals surface area contributed by atoms with Gasteiger partial charge in [-0.2, -0.15) is 0 Å². The maximum Gasteiger partial charge on any atom is 0.335 e. The van der Waals surface area contributed by atoms with E-state index in [0.717, 1.165) is 4.90 Å². The molecule has 2 aromatic carbocycles. The number of carboxylic acids is 1. The van der Waals surface area contributed by atoms with Crippen LogP contribution in [-0.4, -0.2) is 28.1 Å². The molecule has 6 nitrogen and oxygen atoms in total. The zero-order chi connectivity index (χ0) is 23.2. The summed E-state index contributed by atoms with van der Waals surface area (Å²) in [6.45, 7) is 7.90. The van der Waals surface area contributed by atoms with Gasteiger partial charge in [-0.15, -0.1) is 11.8 Å². The van der Waals surface area contributed by atoms with E-state index in [-0.39, 0.29) is 33.5 Å². The molecule has 2 aromatic rings. The van der Waals surface area contributed by atoms with Gasteiger partial charge in [-0.05, 0) is 48.2 Å². The lowest BCUT2D eigenvalue weighted by Crippen LogP contribution is -2.25. The van der Waals surface area contributed by atoms with E-state index >= 15 is 0 Å². The highest BCUT2D eigenvalue weighted by atomic mass is 35.5. The highest BCUT2D eigenvalue weighted by molar-refractivity contribution is 8.00. The number of hydrogen-bond acceptors (Lipinski definition) is 4. The predicted octanol–water partition coefficient (Wildman–Crippen LogP) is 5.92. The van der Waals surface area contributed by atoms with E-state index in [4.69, 9.17) is 16.7 Å². The highest BCUT2D eigenvalue weighted by Gasteiger charge is 2.20. The average molecular weight is 463 g/mol. The van der Waals surface area contributed by atoms with E-state index in [0.29, 0.717) is 18.5 Å². The van der Waals surface area contributed by atoms with E-state index in [1.807, 2.05) is 52.0 Å². The van der Waals surface area contributed by atoms with Crippen molar-refractivity contribution in [1.82, 2.24) is 0 Å². The Kier molecular flexibility index (Phi) is 8.53. The molecule has 0 aliphatic heterocycles. The Labute approximate surface area is 191 Å². The molecule has 0 fully saturated rings. The van der Waals surface area contributed by atoms with E-state index in [2.05, 4.69) is 10.6 Å². The summed E-state index contributed by atoms with van der Waals surface area (Å²) in [5, 5.41) is 14.6. The molecule has 0 aliphatic carbocycles. The summed E-state index contributed by atoms with van der Waals surface area (Å²) >= 11 is 7.48. The van der Waals surface area contributed by atoms with Crippen LogP contribution in [0, 0.1) is 5.41 Å². The summed E-state index contributed by atoms with van der Waals surface area (Å²) in [4.78, 5) is 37.0. The standard InChI is InChI=1S/C23H27ClN2O4S/c1-5-19(21(28)26-18-11-14(22(29)30)9-10-17(18)24)31-16-8-6-7-15(12-16)25-20(27)13-23(2,3)4/h6-12,19H,5,13H2,1-4H3,(H,25,27)(H,26,28)(H,29,30). The van der Waals surface area contributed by atoms with Crippen LogP contribution >= 0.6 is 23.4 Å². The number of halogens is 1. The second-order valence-corrected chi connectivity index (χ2v) is 10.0. The lowest BCUT2D eigenvalue weighted by atomic mass is 9.92. The molecule has 0 saturated heterocycles. The molecule has 2 rings (SSSR count). The lowest BCUT2D eigenvalue weighted by Gasteiger charge is -2.18. The number of carbonyl (C=O) groups excluding carboxylic acids is 2. The number of anilines is 2. The molecular weight excluding hydrogens is 436 g/mol. The number of amides is 2. The number of aromatic carboxylic acids is 1. The van der Waals surface area contributed by atoms with Crippen LogP contribution in [0.2, 0.25) is 5.02 Å². The maximum atomic E-state index is 12.8. The van der Waals surface area contributed by atoms with Crippen LogP contribution in [0.4, 0.5) is 11.4 Å². The number of carboxylic acid groups (broad SMARTS) is 1. The molecule has 0 aromatic heterocycles.